The first-order valence-corrected chi connectivity index (χ1v) is 14.5. The molecule has 41 heavy (non-hydrogen) atoms. The van der Waals surface area contributed by atoms with Crippen molar-refractivity contribution in [2.75, 3.05) is 55.6 Å². The molecule has 2 saturated heterocycles. The van der Waals surface area contributed by atoms with E-state index in [4.69, 9.17) is 11.6 Å². The fourth-order valence-corrected chi connectivity index (χ4v) is 5.80. The summed E-state index contributed by atoms with van der Waals surface area (Å²) < 4.78 is 42.4. The van der Waals surface area contributed by atoms with E-state index in [1.54, 1.807) is 0 Å². The van der Waals surface area contributed by atoms with E-state index in [1.807, 2.05) is 36.9 Å². The Hall–Kier alpha value is -3.24. The van der Waals surface area contributed by atoms with E-state index in [9.17, 15) is 23.1 Å². The van der Waals surface area contributed by atoms with Crippen molar-refractivity contribution in [2.45, 2.75) is 45.8 Å². The SMILES string of the molecule is CC.CCN1CCN(c2ccc(-c3ccc(Cl)cc3N3CCCC(n4ncc(C(=O)O)c4C(F)(F)F)C3)cc2)CC1. The Labute approximate surface area is 244 Å². The molecular weight excluding hydrogens is 555 g/mol. The van der Waals surface area contributed by atoms with Crippen LogP contribution in [0.5, 0.6) is 0 Å². The lowest BCUT2D eigenvalue weighted by atomic mass is 9.99. The number of anilines is 2. The van der Waals surface area contributed by atoms with Crippen LogP contribution >= 0.6 is 11.6 Å². The van der Waals surface area contributed by atoms with Crippen LogP contribution in [-0.2, 0) is 6.18 Å². The van der Waals surface area contributed by atoms with E-state index >= 15 is 0 Å². The normalized spacial score (nSPS) is 18.2. The fraction of sp³-hybridized carbons (Fsp3) is 0.467. The van der Waals surface area contributed by atoms with Gasteiger partial charge in [-0.3, -0.25) is 4.68 Å². The van der Waals surface area contributed by atoms with Crippen molar-refractivity contribution in [1.82, 2.24) is 14.7 Å². The van der Waals surface area contributed by atoms with Crippen LogP contribution in [0.15, 0.2) is 48.7 Å². The lowest BCUT2D eigenvalue weighted by Crippen LogP contribution is -2.46. The third-order valence-corrected chi connectivity index (χ3v) is 7.94. The standard InChI is InChI=1S/C28H31ClF3N5O2.C2H6/c1-2-34-12-14-35(15-13-34)21-8-5-19(6-9-21)23-10-7-20(29)16-25(23)36-11-3-4-22(18-36)37-26(28(30,31)32)24(17-33-37)27(38)39;1-2/h5-10,16-17,22H,2-4,11-15,18H2,1H3,(H,38,39);1-2H3. The zero-order chi connectivity index (χ0) is 29.7. The van der Waals surface area contributed by atoms with Gasteiger partial charge in [-0.25, -0.2) is 4.79 Å². The number of likely N-dealkylation sites (N-methyl/N-ethyl adjacent to an activating group) is 1. The number of carboxylic acids is 1. The van der Waals surface area contributed by atoms with Gasteiger partial charge in [0.2, 0.25) is 0 Å². The summed E-state index contributed by atoms with van der Waals surface area (Å²) >= 11 is 6.38. The number of rotatable bonds is 6. The van der Waals surface area contributed by atoms with E-state index < -0.39 is 29.4 Å². The van der Waals surface area contributed by atoms with Crippen LogP contribution in [-0.4, -0.2) is 71.6 Å². The molecule has 0 radical (unpaired) electrons. The second-order valence-corrected chi connectivity index (χ2v) is 10.5. The summed E-state index contributed by atoms with van der Waals surface area (Å²) in [4.78, 5) is 18.3. The van der Waals surface area contributed by atoms with E-state index in [2.05, 4.69) is 46.1 Å². The molecule has 0 amide bonds. The summed E-state index contributed by atoms with van der Waals surface area (Å²) in [5.41, 5.74) is 1.86. The quantitative estimate of drug-likeness (QED) is 0.335. The summed E-state index contributed by atoms with van der Waals surface area (Å²) in [5.74, 6) is -1.64. The Morgan fingerprint density at radius 2 is 1.71 bits per heavy atom. The maximum Gasteiger partial charge on any atom is 0.433 e. The number of piperazine rings is 1. The van der Waals surface area contributed by atoms with Gasteiger partial charge in [0.1, 0.15) is 5.56 Å². The van der Waals surface area contributed by atoms with Crippen LogP contribution < -0.4 is 9.80 Å². The minimum absolute atomic E-state index is 0.247. The molecule has 1 N–H and O–H groups in total. The van der Waals surface area contributed by atoms with E-state index in [0.717, 1.165) is 66.1 Å². The second kappa shape index (κ2) is 13.2. The van der Waals surface area contributed by atoms with Gasteiger partial charge >= 0.3 is 12.1 Å². The van der Waals surface area contributed by atoms with E-state index in [-0.39, 0.29) is 6.54 Å². The van der Waals surface area contributed by atoms with E-state index in [1.165, 1.54) is 0 Å². The predicted molar refractivity (Wildman–Crippen MR) is 157 cm³/mol. The number of benzene rings is 2. The summed E-state index contributed by atoms with van der Waals surface area (Å²) in [5, 5.41) is 13.7. The topological polar surface area (TPSA) is 64.8 Å². The van der Waals surface area contributed by atoms with Gasteiger partial charge in [0.15, 0.2) is 5.69 Å². The molecule has 11 heteroatoms. The molecule has 0 saturated carbocycles. The number of carbonyl (C=O) groups is 1. The van der Waals surface area contributed by atoms with Crippen molar-refractivity contribution in [1.29, 1.82) is 0 Å². The molecule has 3 heterocycles. The van der Waals surface area contributed by atoms with Crippen LogP contribution in [0.25, 0.3) is 11.1 Å². The number of aromatic carboxylic acids is 1. The van der Waals surface area contributed by atoms with Crippen LogP contribution in [0.2, 0.25) is 5.02 Å². The molecule has 222 valence electrons. The third-order valence-electron chi connectivity index (χ3n) is 7.70. The molecule has 2 aromatic carbocycles. The molecule has 5 rings (SSSR count). The zero-order valence-corrected chi connectivity index (χ0v) is 24.4. The Bertz CT molecular complexity index is 1320. The highest BCUT2D eigenvalue weighted by atomic mass is 35.5. The van der Waals surface area contributed by atoms with Gasteiger partial charge in [-0.15, -0.1) is 0 Å². The average Bonchev–Trinajstić information content (AvgIpc) is 3.45. The van der Waals surface area contributed by atoms with Crippen molar-refractivity contribution in [3.05, 3.63) is 64.9 Å². The van der Waals surface area contributed by atoms with Crippen molar-refractivity contribution < 1.29 is 23.1 Å². The Morgan fingerprint density at radius 3 is 2.32 bits per heavy atom. The molecule has 1 unspecified atom stereocenters. The predicted octanol–water partition coefficient (Wildman–Crippen LogP) is 6.93. The van der Waals surface area contributed by atoms with Gasteiger partial charge < -0.3 is 19.8 Å². The van der Waals surface area contributed by atoms with E-state index in [0.29, 0.717) is 24.4 Å². The minimum Gasteiger partial charge on any atom is -0.478 e. The van der Waals surface area contributed by atoms with Crippen molar-refractivity contribution in [3.8, 4) is 11.1 Å². The average molecular weight is 592 g/mol. The van der Waals surface area contributed by atoms with Gasteiger partial charge in [0, 0.05) is 61.2 Å². The summed E-state index contributed by atoms with van der Waals surface area (Å²) in [6.45, 7) is 12.1. The van der Waals surface area contributed by atoms with Crippen LogP contribution in [0.3, 0.4) is 0 Å². The zero-order valence-electron chi connectivity index (χ0n) is 23.7. The molecule has 1 aromatic heterocycles. The van der Waals surface area contributed by atoms with Crippen LogP contribution in [0.1, 0.15) is 55.7 Å². The lowest BCUT2D eigenvalue weighted by Gasteiger charge is -2.36. The van der Waals surface area contributed by atoms with Crippen LogP contribution in [0, 0.1) is 0 Å². The molecule has 0 spiro atoms. The molecule has 0 bridgehead atoms. The highest BCUT2D eigenvalue weighted by Gasteiger charge is 2.42. The lowest BCUT2D eigenvalue weighted by molar-refractivity contribution is -0.145. The first-order valence-electron chi connectivity index (χ1n) is 14.2. The molecule has 1 atom stereocenters. The first-order chi connectivity index (χ1) is 19.7. The highest BCUT2D eigenvalue weighted by Crippen LogP contribution is 2.39. The van der Waals surface area contributed by atoms with Gasteiger partial charge in [-0.2, -0.15) is 18.3 Å². The Balaban J connectivity index is 0.00000189. The third kappa shape index (κ3) is 6.81. The molecule has 2 fully saturated rings. The van der Waals surface area contributed by atoms with Crippen LogP contribution in [0.4, 0.5) is 24.5 Å². The van der Waals surface area contributed by atoms with Gasteiger partial charge in [-0.05, 0) is 49.2 Å². The number of hydrogen-bond donors (Lipinski definition) is 1. The molecule has 7 nitrogen and oxygen atoms in total. The Morgan fingerprint density at radius 1 is 1.02 bits per heavy atom. The molecular formula is C30H37ClF3N5O2. The maximum absolute atomic E-state index is 13.9. The molecule has 2 aliphatic heterocycles. The minimum atomic E-state index is -4.83. The number of piperidine rings is 1. The molecule has 3 aromatic rings. The first kappa shape index (κ1) is 30.7. The van der Waals surface area contributed by atoms with Gasteiger partial charge in [0.05, 0.1) is 12.2 Å². The smallest absolute Gasteiger partial charge is 0.433 e. The Kier molecular flexibility index (Phi) is 9.86. The summed E-state index contributed by atoms with van der Waals surface area (Å²) in [6, 6.07) is 13.3. The number of alkyl halides is 3. The number of nitrogens with zero attached hydrogens (tertiary/aromatic N) is 5. The summed E-state index contributed by atoms with van der Waals surface area (Å²) in [7, 11) is 0. The number of carboxylic acid groups (broad SMARTS) is 1. The van der Waals surface area contributed by atoms with Crippen molar-refractivity contribution >= 4 is 28.9 Å². The second-order valence-electron chi connectivity index (χ2n) is 10.0. The summed E-state index contributed by atoms with van der Waals surface area (Å²) in [6.07, 6.45) is -2.97. The van der Waals surface area contributed by atoms with Crippen molar-refractivity contribution in [2.24, 2.45) is 0 Å². The molecule has 2 aliphatic rings. The largest absolute Gasteiger partial charge is 0.478 e. The number of aromatic nitrogens is 2. The van der Waals surface area contributed by atoms with Gasteiger partial charge in [-0.1, -0.05) is 50.6 Å². The van der Waals surface area contributed by atoms with Crippen molar-refractivity contribution in [3.63, 3.8) is 0 Å². The fourth-order valence-electron chi connectivity index (χ4n) is 5.64. The molecule has 0 aliphatic carbocycles. The monoisotopic (exact) mass is 591 g/mol. The number of halogens is 4. The number of hydrogen-bond acceptors (Lipinski definition) is 5. The maximum atomic E-state index is 13.9. The highest BCUT2D eigenvalue weighted by molar-refractivity contribution is 6.31. The van der Waals surface area contributed by atoms with Gasteiger partial charge in [0.25, 0.3) is 0 Å².